The first-order valence-electron chi connectivity index (χ1n) is 2.70. The van der Waals surface area contributed by atoms with Gasteiger partial charge in [-0.3, -0.25) is 0 Å². The maximum Gasteiger partial charge on any atom is 0.0472 e. The van der Waals surface area contributed by atoms with Crippen molar-refractivity contribution in [2.24, 2.45) is 0 Å². The molecule has 0 aromatic carbocycles. The van der Waals surface area contributed by atoms with Gasteiger partial charge >= 0.3 is 0 Å². The lowest BCUT2D eigenvalue weighted by Gasteiger charge is -2.32. The standard InChI is InChI=1S/C2H14O2Si4/c3-1(5,6)2(4,7)8/h3-4H,5-8H3. The van der Waals surface area contributed by atoms with Crippen LogP contribution in [0.1, 0.15) is 0 Å². The Hall–Kier alpha value is 0.788. The van der Waals surface area contributed by atoms with Gasteiger partial charge in [0.2, 0.25) is 0 Å². The van der Waals surface area contributed by atoms with Gasteiger partial charge in [-0.15, -0.1) is 0 Å². The fourth-order valence-corrected chi connectivity index (χ4v) is 0. The van der Waals surface area contributed by atoms with Gasteiger partial charge in [-0.05, 0) is 0 Å². The summed E-state index contributed by atoms with van der Waals surface area (Å²) in [6, 6.07) is 0. The summed E-state index contributed by atoms with van der Waals surface area (Å²) in [6.07, 6.45) is 0. The summed E-state index contributed by atoms with van der Waals surface area (Å²) in [4.78, 5) is -1.21. The van der Waals surface area contributed by atoms with Crippen LogP contribution in [0.5, 0.6) is 0 Å². The summed E-state index contributed by atoms with van der Waals surface area (Å²) in [6.45, 7) is 0. The highest BCUT2D eigenvalue weighted by molar-refractivity contribution is 6.52. The van der Waals surface area contributed by atoms with Gasteiger partial charge in [-0.1, -0.05) is 0 Å². The van der Waals surface area contributed by atoms with E-state index in [0.29, 0.717) is 0 Å². The summed E-state index contributed by atoms with van der Waals surface area (Å²) >= 11 is 0. The predicted octanol–water partition coefficient (Wildman–Crippen LogP) is -6.26. The smallest absolute Gasteiger partial charge is 0.0472 e. The van der Waals surface area contributed by atoms with Crippen molar-refractivity contribution in [1.82, 2.24) is 0 Å². The molecule has 0 unspecified atom stereocenters. The third-order valence-electron chi connectivity index (χ3n) is 1.50. The molecule has 0 bridgehead atoms. The molecule has 0 rings (SSSR count). The zero-order chi connectivity index (χ0) is 7.00. The van der Waals surface area contributed by atoms with Crippen LogP contribution in [-0.4, -0.2) is 60.9 Å². The molecule has 0 atom stereocenters. The fraction of sp³-hybridized carbons (Fsp3) is 1.00. The van der Waals surface area contributed by atoms with E-state index in [1.807, 2.05) is 0 Å². The monoisotopic (exact) mass is 182 g/mol. The van der Waals surface area contributed by atoms with Crippen molar-refractivity contribution >= 4 is 41.0 Å². The van der Waals surface area contributed by atoms with Crippen LogP contribution in [0.4, 0.5) is 0 Å². The van der Waals surface area contributed by atoms with Crippen LogP contribution in [0.2, 0.25) is 0 Å². The van der Waals surface area contributed by atoms with Crippen LogP contribution < -0.4 is 0 Å². The summed E-state index contributed by atoms with van der Waals surface area (Å²) in [5.74, 6) is 0. The average molecular weight is 182 g/mol. The van der Waals surface area contributed by atoms with Gasteiger partial charge in [0, 0.05) is 50.7 Å². The van der Waals surface area contributed by atoms with Crippen LogP contribution in [0.25, 0.3) is 0 Å². The first-order valence-corrected chi connectivity index (χ1v) is 6.70. The first-order chi connectivity index (χ1) is 3.25. The van der Waals surface area contributed by atoms with Gasteiger partial charge in [-0.2, -0.15) is 0 Å². The van der Waals surface area contributed by atoms with Crippen molar-refractivity contribution in [3.8, 4) is 0 Å². The summed E-state index contributed by atoms with van der Waals surface area (Å²) in [5.41, 5.74) is 0. The Morgan fingerprint density at radius 1 is 0.750 bits per heavy atom. The molecule has 50 valence electrons. The Morgan fingerprint density at radius 3 is 0.875 bits per heavy atom. The lowest BCUT2D eigenvalue weighted by atomic mass is 10.7. The second-order valence-electron chi connectivity index (χ2n) is 3.12. The normalized spacial score (nSPS) is 27.8. The molecule has 0 aliphatic heterocycles. The molecule has 8 heavy (non-hydrogen) atoms. The largest absolute Gasteiger partial charge is 0.397 e. The third kappa shape index (κ3) is 2.37. The molecule has 0 heterocycles. The molecule has 0 aliphatic rings. The second kappa shape index (κ2) is 2.19. The highest BCUT2D eigenvalue weighted by atomic mass is 28.2. The Labute approximate surface area is 61.4 Å². The van der Waals surface area contributed by atoms with E-state index in [0.717, 1.165) is 41.0 Å². The molecule has 0 saturated carbocycles. The SMILES string of the molecule is OC([SiH3])([SiH3])C(O)([SiH3])[SiH3]. The zero-order valence-corrected chi connectivity index (χ0v) is 13.9. The van der Waals surface area contributed by atoms with Crippen molar-refractivity contribution in [2.75, 3.05) is 0 Å². The van der Waals surface area contributed by atoms with Gasteiger partial charge in [0.05, 0.1) is 0 Å². The van der Waals surface area contributed by atoms with Crippen LogP contribution >= 0.6 is 0 Å². The van der Waals surface area contributed by atoms with Gasteiger partial charge in [0.15, 0.2) is 0 Å². The minimum absolute atomic E-state index is 0.606. The average Bonchev–Trinajstić information content (AvgIpc) is 1.25. The number of aliphatic hydroxyl groups is 2. The molecule has 6 heteroatoms. The van der Waals surface area contributed by atoms with E-state index in [9.17, 15) is 10.2 Å². The maximum absolute atomic E-state index is 9.30. The second-order valence-corrected chi connectivity index (χ2v) is 14.9. The molecule has 0 radical (unpaired) electrons. The van der Waals surface area contributed by atoms with Crippen LogP contribution in [0.15, 0.2) is 0 Å². The first kappa shape index (κ1) is 8.79. The van der Waals surface area contributed by atoms with Crippen molar-refractivity contribution < 1.29 is 10.2 Å². The molecule has 0 aliphatic carbocycles. The molecule has 2 N–H and O–H groups in total. The fourth-order valence-electron chi connectivity index (χ4n) is 0. The summed E-state index contributed by atoms with van der Waals surface area (Å²) in [5, 5.41) is 18.6. The van der Waals surface area contributed by atoms with Crippen LogP contribution in [0, 0.1) is 0 Å². The number of hydrogen-bond donors (Lipinski definition) is 2. The van der Waals surface area contributed by atoms with E-state index in [1.165, 1.54) is 0 Å². The lowest BCUT2D eigenvalue weighted by molar-refractivity contribution is 0.0643. The highest BCUT2D eigenvalue weighted by Gasteiger charge is 2.31. The van der Waals surface area contributed by atoms with Gasteiger partial charge < -0.3 is 10.2 Å². The van der Waals surface area contributed by atoms with E-state index < -0.39 is 9.70 Å². The quantitative estimate of drug-likeness (QED) is 0.396. The molecular weight excluding hydrogens is 168 g/mol. The van der Waals surface area contributed by atoms with Gasteiger partial charge in [0.25, 0.3) is 0 Å². The van der Waals surface area contributed by atoms with Crippen molar-refractivity contribution in [2.45, 2.75) is 9.70 Å². The van der Waals surface area contributed by atoms with Crippen molar-refractivity contribution in [1.29, 1.82) is 0 Å². The Balaban J connectivity index is 4.02. The maximum atomic E-state index is 9.30. The lowest BCUT2D eigenvalue weighted by Crippen LogP contribution is -2.56. The number of rotatable bonds is 1. The highest BCUT2D eigenvalue weighted by Crippen LogP contribution is 2.05. The molecule has 0 aromatic heterocycles. The predicted molar refractivity (Wildman–Crippen MR) is 49.7 cm³/mol. The summed E-state index contributed by atoms with van der Waals surface area (Å²) in [7, 11) is 2.90. The molecule has 2 nitrogen and oxygen atoms in total. The third-order valence-corrected chi connectivity index (χ3v) is 10.4. The van der Waals surface area contributed by atoms with E-state index in [1.54, 1.807) is 0 Å². The zero-order valence-electron chi connectivity index (χ0n) is 5.89. The molecule has 0 spiro atoms. The Morgan fingerprint density at radius 2 is 0.875 bits per heavy atom. The van der Waals surface area contributed by atoms with Crippen LogP contribution in [0.3, 0.4) is 0 Å². The Kier molecular flexibility index (Phi) is 2.41. The minimum Gasteiger partial charge on any atom is -0.397 e. The van der Waals surface area contributed by atoms with E-state index in [-0.39, 0.29) is 0 Å². The van der Waals surface area contributed by atoms with E-state index in [4.69, 9.17) is 0 Å². The van der Waals surface area contributed by atoms with E-state index >= 15 is 0 Å². The minimum atomic E-state index is -0.606. The molecule has 0 fully saturated rings. The molecule has 0 aromatic rings. The van der Waals surface area contributed by atoms with Crippen LogP contribution in [-0.2, 0) is 0 Å². The van der Waals surface area contributed by atoms with Gasteiger partial charge in [0.1, 0.15) is 0 Å². The molecule has 0 amide bonds. The molecule has 0 saturated heterocycles. The van der Waals surface area contributed by atoms with Crippen molar-refractivity contribution in [3.05, 3.63) is 0 Å². The molecular formula is C2H14O2Si4. The van der Waals surface area contributed by atoms with E-state index in [2.05, 4.69) is 0 Å². The Bertz CT molecular complexity index is 67.0. The van der Waals surface area contributed by atoms with Gasteiger partial charge in [-0.25, -0.2) is 0 Å². The topological polar surface area (TPSA) is 40.5 Å². The van der Waals surface area contributed by atoms with Crippen molar-refractivity contribution in [3.63, 3.8) is 0 Å². The number of hydrogen-bond acceptors (Lipinski definition) is 2. The summed E-state index contributed by atoms with van der Waals surface area (Å²) < 4.78 is 0.